The molecule has 0 aromatic heterocycles. The number of oxime groups is 1. The molecule has 0 fully saturated rings. The molecule has 86 valence electrons. The molecule has 1 aromatic rings. The Labute approximate surface area is 88.2 Å². The van der Waals surface area contributed by atoms with Gasteiger partial charge in [0, 0.05) is 5.56 Å². The number of rotatable bonds is 0. The van der Waals surface area contributed by atoms with Gasteiger partial charge in [0.15, 0.2) is 0 Å². The Morgan fingerprint density at radius 2 is 1.88 bits per heavy atom. The van der Waals surface area contributed by atoms with Crippen molar-refractivity contribution in [3.8, 4) is 0 Å². The molecule has 0 saturated heterocycles. The highest BCUT2D eigenvalue weighted by molar-refractivity contribution is 6.04. The Morgan fingerprint density at radius 3 is 2.44 bits per heavy atom. The molecule has 1 aliphatic carbocycles. The third kappa shape index (κ3) is 1.64. The third-order valence-corrected chi connectivity index (χ3v) is 2.56. The van der Waals surface area contributed by atoms with E-state index in [1.54, 1.807) is 0 Å². The number of hydrogen-bond donors (Lipinski definition) is 1. The van der Waals surface area contributed by atoms with E-state index in [1.807, 2.05) is 0 Å². The van der Waals surface area contributed by atoms with E-state index in [0.717, 1.165) is 6.07 Å². The van der Waals surface area contributed by atoms with Crippen LogP contribution in [-0.2, 0) is 12.6 Å². The predicted octanol–water partition coefficient (Wildman–Crippen LogP) is 2.97. The molecule has 2 nitrogen and oxygen atoms in total. The van der Waals surface area contributed by atoms with Gasteiger partial charge in [-0.15, -0.1) is 0 Å². The Morgan fingerprint density at radius 1 is 1.19 bits per heavy atom. The van der Waals surface area contributed by atoms with Gasteiger partial charge in [0.25, 0.3) is 0 Å². The summed E-state index contributed by atoms with van der Waals surface area (Å²) < 4.78 is 50.8. The first-order valence-corrected chi connectivity index (χ1v) is 4.54. The van der Waals surface area contributed by atoms with Gasteiger partial charge in [-0.3, -0.25) is 0 Å². The van der Waals surface area contributed by atoms with Gasteiger partial charge >= 0.3 is 6.18 Å². The topological polar surface area (TPSA) is 32.6 Å². The lowest BCUT2D eigenvalue weighted by Crippen LogP contribution is -2.10. The molecule has 0 amide bonds. The number of alkyl halides is 3. The van der Waals surface area contributed by atoms with Gasteiger partial charge in [0.05, 0.1) is 11.3 Å². The van der Waals surface area contributed by atoms with E-state index in [9.17, 15) is 17.6 Å². The Bertz CT molecular complexity index is 465. The number of halogens is 4. The van der Waals surface area contributed by atoms with Crippen LogP contribution in [0.5, 0.6) is 0 Å². The summed E-state index contributed by atoms with van der Waals surface area (Å²) in [4.78, 5) is 0. The molecule has 0 spiro atoms. The number of benzene rings is 1. The maximum atomic E-state index is 13.0. The molecule has 0 heterocycles. The maximum Gasteiger partial charge on any atom is 0.416 e. The van der Waals surface area contributed by atoms with Crippen LogP contribution >= 0.6 is 0 Å². The Hall–Kier alpha value is -1.59. The lowest BCUT2D eigenvalue weighted by atomic mass is 10.0. The summed E-state index contributed by atoms with van der Waals surface area (Å²) in [6, 6.07) is 1.44. The lowest BCUT2D eigenvalue weighted by Gasteiger charge is -2.11. The average molecular weight is 233 g/mol. The summed E-state index contributed by atoms with van der Waals surface area (Å²) in [7, 11) is 0. The largest absolute Gasteiger partial charge is 0.416 e. The van der Waals surface area contributed by atoms with Crippen molar-refractivity contribution < 1.29 is 22.8 Å². The fourth-order valence-corrected chi connectivity index (χ4v) is 1.90. The highest BCUT2D eigenvalue weighted by atomic mass is 19.4. The first-order valence-electron chi connectivity index (χ1n) is 4.54. The molecule has 6 heteroatoms. The zero-order valence-corrected chi connectivity index (χ0v) is 7.98. The molecule has 1 aromatic carbocycles. The van der Waals surface area contributed by atoms with Crippen LogP contribution in [0.2, 0.25) is 0 Å². The molecule has 2 rings (SSSR count). The average Bonchev–Trinajstić information content (AvgIpc) is 2.57. The van der Waals surface area contributed by atoms with Crippen molar-refractivity contribution in [1.29, 1.82) is 0 Å². The van der Waals surface area contributed by atoms with E-state index >= 15 is 0 Å². The van der Waals surface area contributed by atoms with Gasteiger partial charge in [-0.25, -0.2) is 4.39 Å². The summed E-state index contributed by atoms with van der Waals surface area (Å²) in [6.07, 6.45) is -4.28. The lowest BCUT2D eigenvalue weighted by molar-refractivity contribution is -0.138. The molecule has 16 heavy (non-hydrogen) atoms. The van der Waals surface area contributed by atoms with E-state index in [-0.39, 0.29) is 29.7 Å². The van der Waals surface area contributed by atoms with Gasteiger partial charge in [0.2, 0.25) is 0 Å². The molecule has 0 aliphatic heterocycles. The van der Waals surface area contributed by atoms with Crippen molar-refractivity contribution in [1.82, 2.24) is 0 Å². The highest BCUT2D eigenvalue weighted by Crippen LogP contribution is 2.37. The van der Waals surface area contributed by atoms with Crippen LogP contribution in [0.4, 0.5) is 17.6 Å². The molecule has 1 N–H and O–H groups in total. The summed E-state index contributed by atoms with van der Waals surface area (Å²) in [6.45, 7) is 0. The molecule has 0 unspecified atom stereocenters. The minimum atomic E-state index is -4.59. The van der Waals surface area contributed by atoms with Gasteiger partial charge in [-0.1, -0.05) is 5.16 Å². The Balaban J connectivity index is 2.67. The smallest absolute Gasteiger partial charge is 0.411 e. The second kappa shape index (κ2) is 3.47. The van der Waals surface area contributed by atoms with E-state index in [1.165, 1.54) is 0 Å². The first kappa shape index (κ1) is 10.9. The van der Waals surface area contributed by atoms with Gasteiger partial charge in [0.1, 0.15) is 5.82 Å². The quantitative estimate of drug-likeness (QED) is 0.417. The number of nitrogens with zero attached hydrogens (tertiary/aromatic N) is 1. The van der Waals surface area contributed by atoms with E-state index in [4.69, 9.17) is 5.21 Å². The molecular formula is C10H7F4NO. The van der Waals surface area contributed by atoms with E-state index in [2.05, 4.69) is 5.16 Å². The van der Waals surface area contributed by atoms with Crippen LogP contribution in [0, 0.1) is 5.82 Å². The second-order valence-electron chi connectivity index (χ2n) is 3.52. The fraction of sp³-hybridized carbons (Fsp3) is 0.300. The van der Waals surface area contributed by atoms with Crippen molar-refractivity contribution in [3.05, 3.63) is 34.6 Å². The number of fused-ring (bicyclic) bond motifs is 1. The molecule has 1 aliphatic rings. The summed E-state index contributed by atoms with van der Waals surface area (Å²) in [5.74, 6) is -0.978. The van der Waals surface area contributed by atoms with Crippen molar-refractivity contribution in [2.45, 2.75) is 19.0 Å². The predicted molar refractivity (Wildman–Crippen MR) is 48.0 cm³/mol. The molecule has 0 atom stereocenters. The van der Waals surface area contributed by atoms with E-state index < -0.39 is 17.6 Å². The minimum Gasteiger partial charge on any atom is -0.411 e. The summed E-state index contributed by atoms with van der Waals surface area (Å²) >= 11 is 0. The summed E-state index contributed by atoms with van der Waals surface area (Å²) in [5.41, 5.74) is -0.835. The fourth-order valence-electron chi connectivity index (χ4n) is 1.90. The van der Waals surface area contributed by atoms with Crippen molar-refractivity contribution in [2.75, 3.05) is 0 Å². The third-order valence-electron chi connectivity index (χ3n) is 2.56. The zero-order chi connectivity index (χ0) is 11.9. The van der Waals surface area contributed by atoms with Crippen molar-refractivity contribution in [2.24, 2.45) is 5.16 Å². The van der Waals surface area contributed by atoms with Gasteiger partial charge in [-0.2, -0.15) is 13.2 Å². The molecule has 0 saturated carbocycles. The van der Waals surface area contributed by atoms with Crippen LogP contribution in [0.25, 0.3) is 0 Å². The molecule has 0 bridgehead atoms. The van der Waals surface area contributed by atoms with Crippen LogP contribution in [0.3, 0.4) is 0 Å². The molecular weight excluding hydrogens is 226 g/mol. The zero-order valence-electron chi connectivity index (χ0n) is 7.98. The van der Waals surface area contributed by atoms with Crippen molar-refractivity contribution in [3.63, 3.8) is 0 Å². The van der Waals surface area contributed by atoms with Crippen LogP contribution in [-0.4, -0.2) is 10.9 Å². The van der Waals surface area contributed by atoms with Gasteiger partial charge < -0.3 is 5.21 Å². The second-order valence-corrected chi connectivity index (χ2v) is 3.52. The summed E-state index contributed by atoms with van der Waals surface area (Å²) in [5, 5.41) is 11.5. The van der Waals surface area contributed by atoms with Crippen molar-refractivity contribution >= 4 is 5.71 Å². The molecule has 0 radical (unpaired) electrons. The van der Waals surface area contributed by atoms with Crippen LogP contribution in [0.15, 0.2) is 17.3 Å². The first-order chi connectivity index (χ1) is 7.43. The van der Waals surface area contributed by atoms with Crippen LogP contribution < -0.4 is 0 Å². The van der Waals surface area contributed by atoms with Crippen LogP contribution in [0.1, 0.15) is 23.1 Å². The Kier molecular flexibility index (Phi) is 2.36. The standard InChI is InChI=1S/C10H7F4NO/c11-5-3-7-6(1-2-9(7)15-16)8(4-5)10(12,13)14/h3-4,16H,1-2H2. The monoisotopic (exact) mass is 233 g/mol. The number of hydrogen-bond acceptors (Lipinski definition) is 2. The highest BCUT2D eigenvalue weighted by Gasteiger charge is 2.37. The minimum absolute atomic E-state index is 0.00157. The van der Waals surface area contributed by atoms with E-state index in [0.29, 0.717) is 6.07 Å². The SMILES string of the molecule is ON=C1CCc2c1cc(F)cc2C(F)(F)F. The van der Waals surface area contributed by atoms with Gasteiger partial charge in [-0.05, 0) is 30.5 Å². The maximum absolute atomic E-state index is 13.0. The normalized spacial score (nSPS) is 17.9.